The van der Waals surface area contributed by atoms with E-state index >= 15 is 0 Å². The molecule has 0 unspecified atom stereocenters. The van der Waals surface area contributed by atoms with Crippen LogP contribution in [0.15, 0.2) is 18.2 Å². The van der Waals surface area contributed by atoms with Crippen molar-refractivity contribution in [3.63, 3.8) is 0 Å². The largest absolute Gasteiger partial charge is 0.477 e. The topological polar surface area (TPSA) is 83.7 Å². The molecule has 0 radical (unpaired) electrons. The second-order valence-corrected chi connectivity index (χ2v) is 3.51. The first-order valence-corrected chi connectivity index (χ1v) is 4.84. The van der Waals surface area contributed by atoms with Gasteiger partial charge in [-0.2, -0.15) is 0 Å². The number of rotatable bonds is 5. The molecule has 8 heteroatoms. The fraction of sp³-hybridized carbons (Fsp3) is 0.300. The first kappa shape index (κ1) is 13.8. The normalized spacial score (nSPS) is 10.4. The van der Waals surface area contributed by atoms with Gasteiger partial charge in [-0.1, -0.05) is 6.07 Å². The molecular weight excluding hydrogens is 250 g/mol. The third-order valence-electron chi connectivity index (χ3n) is 2.25. The number of nitro groups is 1. The van der Waals surface area contributed by atoms with Crippen LogP contribution in [0.5, 0.6) is 0 Å². The Morgan fingerprint density at radius 1 is 1.56 bits per heavy atom. The molecule has 0 fully saturated rings. The van der Waals surface area contributed by atoms with Crippen molar-refractivity contribution in [2.24, 2.45) is 0 Å². The molecule has 98 valence electrons. The number of carboxylic acids is 1. The Labute approximate surface area is 101 Å². The van der Waals surface area contributed by atoms with E-state index in [0.717, 1.165) is 11.0 Å². The van der Waals surface area contributed by atoms with Crippen molar-refractivity contribution in [3.05, 3.63) is 33.9 Å². The molecule has 0 atom stereocenters. The van der Waals surface area contributed by atoms with Crippen LogP contribution >= 0.6 is 0 Å². The highest BCUT2D eigenvalue weighted by atomic mass is 19.3. The zero-order valence-electron chi connectivity index (χ0n) is 9.34. The standard InChI is InChI=1S/C10H10F2N2O4/c1-13(5-8(11)12)7-4-2-3-6(10(15)16)9(7)14(17)18/h2-4,8H,5H2,1H3,(H,15,16). The molecule has 0 aromatic heterocycles. The highest BCUT2D eigenvalue weighted by Crippen LogP contribution is 2.31. The van der Waals surface area contributed by atoms with Crippen LogP contribution in [0.4, 0.5) is 20.2 Å². The predicted octanol–water partition coefficient (Wildman–Crippen LogP) is 1.99. The van der Waals surface area contributed by atoms with E-state index in [0.29, 0.717) is 0 Å². The SMILES string of the molecule is CN(CC(F)F)c1cccc(C(=O)O)c1[N+](=O)[O-]. The van der Waals surface area contributed by atoms with Crippen molar-refractivity contribution in [2.75, 3.05) is 18.5 Å². The number of hydrogen-bond donors (Lipinski definition) is 1. The van der Waals surface area contributed by atoms with Crippen molar-refractivity contribution >= 4 is 17.3 Å². The number of para-hydroxylation sites is 1. The summed E-state index contributed by atoms with van der Waals surface area (Å²) in [5.74, 6) is -1.48. The number of carboxylic acid groups (broad SMARTS) is 1. The predicted molar refractivity (Wildman–Crippen MR) is 59.3 cm³/mol. The second-order valence-electron chi connectivity index (χ2n) is 3.51. The second kappa shape index (κ2) is 5.39. The third-order valence-corrected chi connectivity index (χ3v) is 2.25. The number of aromatic carboxylic acids is 1. The van der Waals surface area contributed by atoms with E-state index in [1.54, 1.807) is 0 Å². The van der Waals surface area contributed by atoms with Crippen molar-refractivity contribution < 1.29 is 23.6 Å². The van der Waals surface area contributed by atoms with Gasteiger partial charge in [-0.25, -0.2) is 13.6 Å². The van der Waals surface area contributed by atoms with Gasteiger partial charge in [0.05, 0.1) is 11.5 Å². The number of benzene rings is 1. The molecule has 1 aromatic carbocycles. The molecule has 0 amide bonds. The summed E-state index contributed by atoms with van der Waals surface area (Å²) >= 11 is 0. The molecule has 0 spiro atoms. The lowest BCUT2D eigenvalue weighted by molar-refractivity contribution is -0.384. The Kier molecular flexibility index (Phi) is 4.13. The summed E-state index contributed by atoms with van der Waals surface area (Å²) in [5, 5.41) is 19.7. The van der Waals surface area contributed by atoms with Gasteiger partial charge >= 0.3 is 11.7 Å². The first-order chi connectivity index (χ1) is 8.34. The summed E-state index contributed by atoms with van der Waals surface area (Å²) in [6.45, 7) is -0.718. The molecule has 1 N–H and O–H groups in total. The smallest absolute Gasteiger partial charge is 0.342 e. The van der Waals surface area contributed by atoms with Gasteiger partial charge in [0.25, 0.3) is 6.43 Å². The quantitative estimate of drug-likeness (QED) is 0.646. The molecule has 0 bridgehead atoms. The van der Waals surface area contributed by atoms with E-state index in [2.05, 4.69) is 0 Å². The van der Waals surface area contributed by atoms with Gasteiger partial charge < -0.3 is 10.0 Å². The van der Waals surface area contributed by atoms with Crippen LogP contribution in [0.1, 0.15) is 10.4 Å². The number of nitro benzene ring substituents is 1. The number of nitrogens with zero attached hydrogens (tertiary/aromatic N) is 2. The van der Waals surface area contributed by atoms with E-state index in [1.165, 1.54) is 19.2 Å². The highest BCUT2D eigenvalue weighted by molar-refractivity contribution is 5.95. The van der Waals surface area contributed by atoms with Gasteiger partial charge in [-0.05, 0) is 12.1 Å². The Hall–Kier alpha value is -2.25. The van der Waals surface area contributed by atoms with Gasteiger partial charge in [0, 0.05) is 7.05 Å². The lowest BCUT2D eigenvalue weighted by Crippen LogP contribution is -2.25. The Bertz CT molecular complexity index is 479. The van der Waals surface area contributed by atoms with Gasteiger partial charge in [0.2, 0.25) is 0 Å². The number of carbonyl (C=O) groups is 1. The molecule has 0 saturated carbocycles. The molecular formula is C10H10F2N2O4. The van der Waals surface area contributed by atoms with Crippen molar-refractivity contribution in [3.8, 4) is 0 Å². The van der Waals surface area contributed by atoms with Crippen LogP contribution in [-0.4, -0.2) is 36.0 Å². The van der Waals surface area contributed by atoms with E-state index in [4.69, 9.17) is 5.11 Å². The van der Waals surface area contributed by atoms with Gasteiger partial charge in [-0.3, -0.25) is 10.1 Å². The minimum absolute atomic E-state index is 0.153. The van der Waals surface area contributed by atoms with Crippen LogP contribution in [0.2, 0.25) is 0 Å². The first-order valence-electron chi connectivity index (χ1n) is 4.84. The summed E-state index contributed by atoms with van der Waals surface area (Å²) in [4.78, 5) is 21.8. The van der Waals surface area contributed by atoms with E-state index in [1.807, 2.05) is 0 Å². The Morgan fingerprint density at radius 2 is 2.17 bits per heavy atom. The third kappa shape index (κ3) is 2.90. The van der Waals surface area contributed by atoms with Crippen LogP contribution in [0, 0.1) is 10.1 Å². The fourth-order valence-corrected chi connectivity index (χ4v) is 1.51. The van der Waals surface area contributed by atoms with Crippen LogP contribution in [-0.2, 0) is 0 Å². The number of halogens is 2. The van der Waals surface area contributed by atoms with Crippen molar-refractivity contribution in [1.29, 1.82) is 0 Å². The molecule has 0 aliphatic rings. The van der Waals surface area contributed by atoms with Gasteiger partial charge in [-0.15, -0.1) is 0 Å². The number of hydrogen-bond acceptors (Lipinski definition) is 4. The minimum Gasteiger partial charge on any atom is -0.477 e. The molecule has 6 nitrogen and oxygen atoms in total. The highest BCUT2D eigenvalue weighted by Gasteiger charge is 2.26. The van der Waals surface area contributed by atoms with Gasteiger partial charge in [0.1, 0.15) is 11.3 Å². The maximum atomic E-state index is 12.2. The zero-order valence-corrected chi connectivity index (χ0v) is 9.34. The van der Waals surface area contributed by atoms with E-state index in [9.17, 15) is 23.7 Å². The van der Waals surface area contributed by atoms with E-state index in [-0.39, 0.29) is 5.69 Å². The molecule has 0 saturated heterocycles. The lowest BCUT2D eigenvalue weighted by Gasteiger charge is -2.18. The summed E-state index contributed by atoms with van der Waals surface area (Å²) in [7, 11) is 1.24. The minimum atomic E-state index is -2.68. The van der Waals surface area contributed by atoms with Crippen molar-refractivity contribution in [2.45, 2.75) is 6.43 Å². The monoisotopic (exact) mass is 260 g/mol. The molecule has 0 aliphatic heterocycles. The summed E-state index contributed by atoms with van der Waals surface area (Å²) in [6, 6.07) is 3.56. The average Bonchev–Trinajstić information content (AvgIpc) is 2.26. The molecule has 1 rings (SSSR count). The Morgan fingerprint density at radius 3 is 2.61 bits per heavy atom. The molecule has 18 heavy (non-hydrogen) atoms. The fourth-order valence-electron chi connectivity index (χ4n) is 1.51. The molecule has 1 aromatic rings. The lowest BCUT2D eigenvalue weighted by atomic mass is 10.1. The van der Waals surface area contributed by atoms with Gasteiger partial charge in [0.15, 0.2) is 0 Å². The number of alkyl halides is 2. The van der Waals surface area contributed by atoms with E-state index < -0.39 is 35.1 Å². The summed E-state index contributed by atoms with van der Waals surface area (Å²) in [6.07, 6.45) is -2.68. The zero-order chi connectivity index (χ0) is 13.9. The van der Waals surface area contributed by atoms with Crippen molar-refractivity contribution in [1.82, 2.24) is 0 Å². The summed E-state index contributed by atoms with van der Waals surface area (Å²) in [5.41, 5.74) is -1.37. The average molecular weight is 260 g/mol. The number of anilines is 1. The maximum absolute atomic E-state index is 12.2. The van der Waals surface area contributed by atoms with Crippen LogP contribution < -0.4 is 4.90 Å². The molecule has 0 aliphatic carbocycles. The maximum Gasteiger partial charge on any atom is 0.342 e. The molecule has 0 heterocycles. The summed E-state index contributed by atoms with van der Waals surface area (Å²) < 4.78 is 24.5. The van der Waals surface area contributed by atoms with Crippen LogP contribution in [0.25, 0.3) is 0 Å². The van der Waals surface area contributed by atoms with Crippen LogP contribution in [0.3, 0.4) is 0 Å². The Balaban J connectivity index is 3.31.